The molecule has 1 N–H and O–H groups in total. The fourth-order valence-electron chi connectivity index (χ4n) is 2.12. The Hall–Kier alpha value is -1.63. The van der Waals surface area contributed by atoms with Crippen LogP contribution in [-0.4, -0.2) is 28.5 Å². The predicted octanol–water partition coefficient (Wildman–Crippen LogP) is 2.35. The van der Waals surface area contributed by atoms with Crippen molar-refractivity contribution in [1.82, 2.24) is 10.2 Å². The fraction of sp³-hybridized carbons (Fsp3) is 0.385. The first-order chi connectivity index (χ1) is 9.30. The molecule has 1 aromatic carbocycles. The number of alkyl halides is 3. The summed E-state index contributed by atoms with van der Waals surface area (Å²) in [5, 5.41) is 3.05. The third-order valence-electron chi connectivity index (χ3n) is 3.15. The summed E-state index contributed by atoms with van der Waals surface area (Å²) in [4.78, 5) is 13.1. The molecule has 7 heteroatoms. The Kier molecular flexibility index (Phi) is 3.99. The molecule has 0 spiro atoms. The number of hydrogen-bond donors (Lipinski definition) is 1. The number of halogens is 3. The topological polar surface area (TPSA) is 32.3 Å². The van der Waals surface area contributed by atoms with E-state index in [4.69, 9.17) is 12.2 Å². The number of nitrogens with zero attached hydrogens (tertiary/aromatic N) is 1. The molecule has 2 rings (SSSR count). The fourth-order valence-corrected chi connectivity index (χ4v) is 2.48. The minimum Gasteiger partial charge on any atom is -0.351 e. The molecule has 0 saturated carbocycles. The summed E-state index contributed by atoms with van der Waals surface area (Å²) in [6, 6.07) is 4.95. The van der Waals surface area contributed by atoms with Crippen molar-refractivity contribution in [1.29, 1.82) is 0 Å². The molecule has 0 aliphatic carbocycles. The molecule has 1 amide bonds. The first-order valence-electron chi connectivity index (χ1n) is 6.07. The van der Waals surface area contributed by atoms with E-state index in [9.17, 15) is 18.0 Å². The van der Waals surface area contributed by atoms with Gasteiger partial charge in [-0.3, -0.25) is 9.69 Å². The van der Waals surface area contributed by atoms with E-state index in [0.717, 1.165) is 6.07 Å². The summed E-state index contributed by atoms with van der Waals surface area (Å²) >= 11 is 4.99. The molecule has 108 valence electrons. The van der Waals surface area contributed by atoms with Gasteiger partial charge in [0, 0.05) is 6.54 Å². The van der Waals surface area contributed by atoms with Gasteiger partial charge in [-0.25, -0.2) is 0 Å². The Bertz CT molecular complexity index is 545. The van der Waals surface area contributed by atoms with Crippen LogP contribution in [0.2, 0.25) is 0 Å². The molecule has 1 aromatic rings. The highest BCUT2D eigenvalue weighted by molar-refractivity contribution is 7.80. The number of amides is 1. The maximum Gasteiger partial charge on any atom is 0.416 e. The molecule has 1 saturated heterocycles. The number of benzene rings is 1. The molecule has 0 bridgehead atoms. The average molecular weight is 302 g/mol. The zero-order valence-corrected chi connectivity index (χ0v) is 11.5. The highest BCUT2D eigenvalue weighted by Gasteiger charge is 2.34. The van der Waals surface area contributed by atoms with Crippen LogP contribution in [0.15, 0.2) is 24.3 Å². The number of carbonyl (C=O) groups is 1. The van der Waals surface area contributed by atoms with E-state index in [0.29, 0.717) is 0 Å². The SMILES string of the molecule is CC1NC(=S)N(CCc2ccccc2C(F)(F)F)C1=O. The van der Waals surface area contributed by atoms with E-state index >= 15 is 0 Å². The van der Waals surface area contributed by atoms with Crippen molar-refractivity contribution in [3.8, 4) is 0 Å². The minimum absolute atomic E-state index is 0.107. The maximum absolute atomic E-state index is 12.8. The first kappa shape index (κ1) is 14.8. The van der Waals surface area contributed by atoms with Crippen molar-refractivity contribution in [2.24, 2.45) is 0 Å². The van der Waals surface area contributed by atoms with Gasteiger partial charge >= 0.3 is 6.18 Å². The van der Waals surface area contributed by atoms with Crippen molar-refractivity contribution in [2.45, 2.75) is 25.6 Å². The van der Waals surface area contributed by atoms with Gasteiger partial charge in [0.15, 0.2) is 5.11 Å². The highest BCUT2D eigenvalue weighted by Crippen LogP contribution is 2.32. The Morgan fingerprint density at radius 3 is 2.55 bits per heavy atom. The van der Waals surface area contributed by atoms with Crippen LogP contribution in [0.3, 0.4) is 0 Å². The van der Waals surface area contributed by atoms with Crippen molar-refractivity contribution in [3.63, 3.8) is 0 Å². The first-order valence-corrected chi connectivity index (χ1v) is 6.48. The normalized spacial score (nSPS) is 19.4. The summed E-state index contributed by atoms with van der Waals surface area (Å²) in [7, 11) is 0. The smallest absolute Gasteiger partial charge is 0.351 e. The largest absolute Gasteiger partial charge is 0.416 e. The third kappa shape index (κ3) is 2.92. The van der Waals surface area contributed by atoms with Crippen molar-refractivity contribution < 1.29 is 18.0 Å². The lowest BCUT2D eigenvalue weighted by atomic mass is 10.0. The summed E-state index contributed by atoms with van der Waals surface area (Å²) < 4.78 is 38.5. The van der Waals surface area contributed by atoms with Crippen LogP contribution >= 0.6 is 12.2 Å². The summed E-state index contributed by atoms with van der Waals surface area (Å²) in [5.41, 5.74) is -0.506. The van der Waals surface area contributed by atoms with Crippen molar-refractivity contribution >= 4 is 23.2 Å². The molecule has 1 atom stereocenters. The van der Waals surface area contributed by atoms with E-state index in [-0.39, 0.29) is 29.5 Å². The molecular weight excluding hydrogens is 289 g/mol. The second-order valence-corrected chi connectivity index (χ2v) is 4.95. The van der Waals surface area contributed by atoms with Gasteiger partial charge in [0.05, 0.1) is 5.56 Å². The molecule has 3 nitrogen and oxygen atoms in total. The second-order valence-electron chi connectivity index (χ2n) is 4.57. The zero-order chi connectivity index (χ0) is 14.9. The van der Waals surface area contributed by atoms with Crippen LogP contribution in [-0.2, 0) is 17.4 Å². The lowest BCUT2D eigenvalue weighted by molar-refractivity contribution is -0.138. The summed E-state index contributed by atoms with van der Waals surface area (Å²) in [6.45, 7) is 1.81. The average Bonchev–Trinajstić information content (AvgIpc) is 2.60. The summed E-state index contributed by atoms with van der Waals surface area (Å²) in [5.74, 6) is -0.209. The van der Waals surface area contributed by atoms with Gasteiger partial charge in [-0.2, -0.15) is 13.2 Å². The standard InChI is InChI=1S/C13H13F3N2OS/c1-8-11(19)18(12(20)17-8)7-6-9-4-2-3-5-10(9)13(14,15)16/h2-5,8H,6-7H2,1H3,(H,17,20). The van der Waals surface area contributed by atoms with Gasteiger partial charge < -0.3 is 5.32 Å². The van der Waals surface area contributed by atoms with Gasteiger partial charge in [0.1, 0.15) is 6.04 Å². The molecule has 1 aliphatic heterocycles. The van der Waals surface area contributed by atoms with Crippen LogP contribution in [0.5, 0.6) is 0 Å². The molecule has 0 aromatic heterocycles. The Morgan fingerprint density at radius 2 is 2.00 bits per heavy atom. The number of hydrogen-bond acceptors (Lipinski definition) is 2. The van der Waals surface area contributed by atoms with Crippen LogP contribution < -0.4 is 5.32 Å². The highest BCUT2D eigenvalue weighted by atomic mass is 32.1. The second kappa shape index (κ2) is 5.40. The van der Waals surface area contributed by atoms with Gasteiger partial charge in [0.2, 0.25) is 0 Å². The molecular formula is C13H13F3N2OS. The number of thiocarbonyl (C=S) groups is 1. The van der Waals surface area contributed by atoms with E-state index in [1.165, 1.54) is 17.0 Å². The Labute approximate surface area is 119 Å². The minimum atomic E-state index is -4.39. The lowest BCUT2D eigenvalue weighted by Crippen LogP contribution is -2.33. The summed E-state index contributed by atoms with van der Waals surface area (Å²) in [6.07, 6.45) is -4.28. The van der Waals surface area contributed by atoms with Gasteiger partial charge in [-0.1, -0.05) is 18.2 Å². The zero-order valence-electron chi connectivity index (χ0n) is 10.7. The molecule has 1 heterocycles. The van der Waals surface area contributed by atoms with Crippen molar-refractivity contribution in [3.05, 3.63) is 35.4 Å². The maximum atomic E-state index is 12.8. The van der Waals surface area contributed by atoms with E-state index < -0.39 is 17.8 Å². The predicted molar refractivity (Wildman–Crippen MR) is 72.1 cm³/mol. The van der Waals surface area contributed by atoms with Crippen molar-refractivity contribution in [2.75, 3.05) is 6.54 Å². The van der Waals surface area contributed by atoms with Crippen LogP contribution in [0.1, 0.15) is 18.1 Å². The van der Waals surface area contributed by atoms with Crippen LogP contribution in [0.4, 0.5) is 13.2 Å². The molecule has 1 fully saturated rings. The lowest BCUT2D eigenvalue weighted by Gasteiger charge is -2.17. The van der Waals surface area contributed by atoms with Crippen LogP contribution in [0.25, 0.3) is 0 Å². The number of nitrogens with one attached hydrogen (secondary N) is 1. The van der Waals surface area contributed by atoms with E-state index in [1.807, 2.05) is 0 Å². The molecule has 20 heavy (non-hydrogen) atoms. The number of rotatable bonds is 3. The van der Waals surface area contributed by atoms with E-state index in [2.05, 4.69) is 5.32 Å². The van der Waals surface area contributed by atoms with E-state index in [1.54, 1.807) is 13.0 Å². The van der Waals surface area contributed by atoms with Gasteiger partial charge in [-0.15, -0.1) is 0 Å². The quantitative estimate of drug-likeness (QED) is 0.870. The molecule has 1 unspecified atom stereocenters. The molecule has 1 aliphatic rings. The van der Waals surface area contributed by atoms with Crippen LogP contribution in [0, 0.1) is 0 Å². The Balaban J connectivity index is 2.12. The van der Waals surface area contributed by atoms with Gasteiger partial charge in [0.25, 0.3) is 5.91 Å². The third-order valence-corrected chi connectivity index (χ3v) is 3.49. The van der Waals surface area contributed by atoms with Gasteiger partial charge in [-0.05, 0) is 37.2 Å². The molecule has 0 radical (unpaired) electrons. The monoisotopic (exact) mass is 302 g/mol. The Morgan fingerprint density at radius 1 is 1.35 bits per heavy atom. The number of carbonyl (C=O) groups excluding carboxylic acids is 1.